The Balaban J connectivity index is 2.35. The molecule has 1 fully saturated rings. The van der Waals surface area contributed by atoms with Gasteiger partial charge in [0.1, 0.15) is 0 Å². The molecule has 0 aromatic rings. The Bertz CT molecular complexity index is 194. The Kier molecular flexibility index (Phi) is 4.58. The van der Waals surface area contributed by atoms with Crippen molar-refractivity contribution in [1.82, 2.24) is 4.90 Å². The summed E-state index contributed by atoms with van der Waals surface area (Å²) < 4.78 is 5.35. The number of nitrogens with zero attached hydrogens (tertiary/aromatic N) is 1. The molecule has 1 aliphatic heterocycles. The van der Waals surface area contributed by atoms with Crippen LogP contribution in [0.4, 0.5) is 0 Å². The molecule has 0 radical (unpaired) electrons. The number of rotatable bonds is 5. The summed E-state index contributed by atoms with van der Waals surface area (Å²) >= 11 is 0. The van der Waals surface area contributed by atoms with E-state index in [0.29, 0.717) is 5.92 Å². The van der Waals surface area contributed by atoms with Gasteiger partial charge >= 0.3 is 0 Å². The minimum absolute atomic E-state index is 0.217. The molecule has 0 bridgehead atoms. The maximum Gasteiger partial charge on any atom is 0.0621 e. The maximum atomic E-state index is 5.94. The fourth-order valence-corrected chi connectivity index (χ4v) is 1.82. The van der Waals surface area contributed by atoms with E-state index in [0.717, 1.165) is 32.8 Å². The second-order valence-corrected chi connectivity index (χ2v) is 4.25. The smallest absolute Gasteiger partial charge is 0.0621 e. The molecule has 82 valence electrons. The third kappa shape index (κ3) is 3.40. The zero-order valence-corrected chi connectivity index (χ0v) is 9.33. The first kappa shape index (κ1) is 11.7. The van der Waals surface area contributed by atoms with Crippen molar-refractivity contribution in [1.29, 1.82) is 0 Å². The molecule has 2 N–H and O–H groups in total. The zero-order valence-electron chi connectivity index (χ0n) is 9.33. The predicted octanol–water partition coefficient (Wildman–Crippen LogP) is 0.858. The lowest BCUT2D eigenvalue weighted by atomic mass is 10.0. The van der Waals surface area contributed by atoms with Crippen LogP contribution in [0.3, 0.4) is 0 Å². The van der Waals surface area contributed by atoms with Crippen LogP contribution in [0.15, 0.2) is 12.2 Å². The second-order valence-electron chi connectivity index (χ2n) is 4.25. The third-order valence-corrected chi connectivity index (χ3v) is 2.68. The quantitative estimate of drug-likeness (QED) is 0.666. The highest BCUT2D eigenvalue weighted by Crippen LogP contribution is 2.13. The lowest BCUT2D eigenvalue weighted by Gasteiger charge is -2.25. The highest BCUT2D eigenvalue weighted by atomic mass is 16.5. The number of hydrogen-bond acceptors (Lipinski definition) is 3. The van der Waals surface area contributed by atoms with Crippen molar-refractivity contribution in [3.63, 3.8) is 0 Å². The monoisotopic (exact) mass is 198 g/mol. The summed E-state index contributed by atoms with van der Waals surface area (Å²) in [5.74, 6) is 0.495. The zero-order chi connectivity index (χ0) is 10.6. The van der Waals surface area contributed by atoms with Crippen molar-refractivity contribution in [3.05, 3.63) is 12.2 Å². The minimum atomic E-state index is 0.217. The summed E-state index contributed by atoms with van der Waals surface area (Å²) in [6, 6.07) is 0.217. The van der Waals surface area contributed by atoms with Crippen LogP contribution >= 0.6 is 0 Å². The first-order valence-corrected chi connectivity index (χ1v) is 5.33. The average molecular weight is 198 g/mol. The summed E-state index contributed by atoms with van der Waals surface area (Å²) in [5, 5.41) is 0. The van der Waals surface area contributed by atoms with Crippen LogP contribution in [0.25, 0.3) is 0 Å². The van der Waals surface area contributed by atoms with Gasteiger partial charge in [-0.25, -0.2) is 0 Å². The minimum Gasteiger partial charge on any atom is -0.379 e. The van der Waals surface area contributed by atoms with Crippen LogP contribution in [0.1, 0.15) is 13.8 Å². The third-order valence-electron chi connectivity index (χ3n) is 2.68. The van der Waals surface area contributed by atoms with E-state index < -0.39 is 0 Å². The molecule has 0 aromatic heterocycles. The van der Waals surface area contributed by atoms with Crippen molar-refractivity contribution in [2.24, 2.45) is 11.7 Å². The molecule has 1 rings (SSSR count). The van der Waals surface area contributed by atoms with Gasteiger partial charge in [-0.05, 0) is 13.5 Å². The van der Waals surface area contributed by atoms with Gasteiger partial charge < -0.3 is 10.5 Å². The Hall–Kier alpha value is -0.380. The van der Waals surface area contributed by atoms with E-state index in [1.54, 1.807) is 0 Å². The van der Waals surface area contributed by atoms with Gasteiger partial charge in [0.2, 0.25) is 0 Å². The molecule has 0 aromatic carbocycles. The molecule has 0 spiro atoms. The Morgan fingerprint density at radius 3 is 2.71 bits per heavy atom. The maximum absolute atomic E-state index is 5.94. The molecular formula is C11H22N2O. The van der Waals surface area contributed by atoms with Gasteiger partial charge in [-0.3, -0.25) is 4.90 Å². The lowest BCUT2D eigenvalue weighted by Crippen LogP contribution is -2.39. The van der Waals surface area contributed by atoms with E-state index in [-0.39, 0.29) is 6.04 Å². The molecule has 2 unspecified atom stereocenters. The Labute approximate surface area is 86.9 Å². The molecule has 14 heavy (non-hydrogen) atoms. The molecule has 0 saturated carbocycles. The van der Waals surface area contributed by atoms with E-state index in [9.17, 15) is 0 Å². The standard InChI is InChI=1S/C11H22N2O/c1-4-13(5-9(2)3)6-10-7-14-8-11(10)12/h10-11H,2,4-8,12H2,1,3H3. The summed E-state index contributed by atoms with van der Waals surface area (Å²) in [6.07, 6.45) is 0. The van der Waals surface area contributed by atoms with Crippen molar-refractivity contribution in [3.8, 4) is 0 Å². The van der Waals surface area contributed by atoms with Gasteiger partial charge in [-0.1, -0.05) is 19.1 Å². The van der Waals surface area contributed by atoms with Crippen LogP contribution in [-0.4, -0.2) is 43.8 Å². The van der Waals surface area contributed by atoms with Gasteiger partial charge in [0.25, 0.3) is 0 Å². The molecule has 1 saturated heterocycles. The van der Waals surface area contributed by atoms with Gasteiger partial charge in [0.05, 0.1) is 13.2 Å². The van der Waals surface area contributed by atoms with Crippen LogP contribution < -0.4 is 5.73 Å². The summed E-state index contributed by atoms with van der Waals surface area (Å²) in [4.78, 5) is 2.38. The van der Waals surface area contributed by atoms with Crippen LogP contribution in [0.5, 0.6) is 0 Å². The van der Waals surface area contributed by atoms with E-state index in [4.69, 9.17) is 10.5 Å². The highest BCUT2D eigenvalue weighted by molar-refractivity contribution is 4.93. The molecule has 3 heteroatoms. The Morgan fingerprint density at radius 1 is 1.57 bits per heavy atom. The summed E-state index contributed by atoms with van der Waals surface area (Å²) in [5.41, 5.74) is 7.15. The summed E-state index contributed by atoms with van der Waals surface area (Å²) in [6.45, 7) is 12.8. The molecule has 1 aliphatic rings. The normalized spacial score (nSPS) is 27.1. The van der Waals surface area contributed by atoms with Crippen molar-refractivity contribution in [2.75, 3.05) is 32.8 Å². The first-order valence-electron chi connectivity index (χ1n) is 5.33. The van der Waals surface area contributed by atoms with E-state index in [1.165, 1.54) is 5.57 Å². The van der Waals surface area contributed by atoms with Gasteiger partial charge in [-0.2, -0.15) is 0 Å². The average Bonchev–Trinajstić information content (AvgIpc) is 2.50. The first-order chi connectivity index (χ1) is 6.63. The molecular weight excluding hydrogens is 176 g/mol. The lowest BCUT2D eigenvalue weighted by molar-refractivity contribution is 0.171. The number of hydrogen-bond donors (Lipinski definition) is 1. The molecule has 0 aliphatic carbocycles. The topological polar surface area (TPSA) is 38.5 Å². The number of ether oxygens (including phenoxy) is 1. The number of likely N-dealkylation sites (N-methyl/N-ethyl adjacent to an activating group) is 1. The molecule has 1 heterocycles. The largest absolute Gasteiger partial charge is 0.379 e. The van der Waals surface area contributed by atoms with Crippen LogP contribution in [0.2, 0.25) is 0 Å². The molecule has 0 amide bonds. The number of nitrogens with two attached hydrogens (primary N) is 1. The van der Waals surface area contributed by atoms with Crippen LogP contribution in [-0.2, 0) is 4.74 Å². The van der Waals surface area contributed by atoms with E-state index >= 15 is 0 Å². The van der Waals surface area contributed by atoms with Gasteiger partial charge in [-0.15, -0.1) is 0 Å². The van der Waals surface area contributed by atoms with E-state index in [2.05, 4.69) is 25.3 Å². The van der Waals surface area contributed by atoms with Crippen molar-refractivity contribution >= 4 is 0 Å². The predicted molar refractivity (Wildman–Crippen MR) is 59.2 cm³/mol. The van der Waals surface area contributed by atoms with Gasteiger partial charge in [0.15, 0.2) is 0 Å². The summed E-state index contributed by atoms with van der Waals surface area (Å²) in [7, 11) is 0. The highest BCUT2D eigenvalue weighted by Gasteiger charge is 2.26. The van der Waals surface area contributed by atoms with Crippen molar-refractivity contribution < 1.29 is 4.74 Å². The fraction of sp³-hybridized carbons (Fsp3) is 0.818. The second kappa shape index (κ2) is 5.49. The molecule has 3 nitrogen and oxygen atoms in total. The SMILES string of the molecule is C=C(C)CN(CC)CC1COCC1N. The Morgan fingerprint density at radius 2 is 2.29 bits per heavy atom. The van der Waals surface area contributed by atoms with Crippen LogP contribution in [0, 0.1) is 5.92 Å². The fourth-order valence-electron chi connectivity index (χ4n) is 1.82. The van der Waals surface area contributed by atoms with Gasteiger partial charge in [0, 0.05) is 25.0 Å². The molecule has 2 atom stereocenters. The van der Waals surface area contributed by atoms with E-state index in [1.807, 2.05) is 0 Å². The van der Waals surface area contributed by atoms with Crippen molar-refractivity contribution in [2.45, 2.75) is 19.9 Å².